The number of hydrogen-bond acceptors (Lipinski definition) is 7. The van der Waals surface area contributed by atoms with Crippen LogP contribution in [-0.2, 0) is 32.5 Å². The lowest BCUT2D eigenvalue weighted by molar-refractivity contribution is -0.148. The maximum absolute atomic E-state index is 14.0. The van der Waals surface area contributed by atoms with E-state index in [2.05, 4.69) is 10.7 Å². The van der Waals surface area contributed by atoms with Crippen LogP contribution in [0.1, 0.15) is 58.1 Å². The van der Waals surface area contributed by atoms with Crippen LogP contribution in [0, 0.1) is 11.8 Å². The van der Waals surface area contributed by atoms with E-state index in [-0.39, 0.29) is 61.0 Å². The van der Waals surface area contributed by atoms with Crippen LogP contribution in [0.4, 0.5) is 0 Å². The Hall–Kier alpha value is -2.99. The van der Waals surface area contributed by atoms with Crippen molar-refractivity contribution >= 4 is 21.8 Å². The molecule has 2 atom stereocenters. The highest BCUT2D eigenvalue weighted by atomic mass is 32.2. The van der Waals surface area contributed by atoms with Crippen molar-refractivity contribution in [2.45, 2.75) is 82.9 Å². The van der Waals surface area contributed by atoms with Gasteiger partial charge in [-0.05, 0) is 60.4 Å². The van der Waals surface area contributed by atoms with E-state index in [1.807, 2.05) is 58.0 Å². The molecule has 2 aliphatic rings. The summed E-state index contributed by atoms with van der Waals surface area (Å²) >= 11 is 0. The molecule has 2 amide bonds. The summed E-state index contributed by atoms with van der Waals surface area (Å²) in [7, 11) is -4.00. The van der Waals surface area contributed by atoms with Crippen LogP contribution in [0.25, 0.3) is 0 Å². The summed E-state index contributed by atoms with van der Waals surface area (Å²) in [5.74, 6) is -0.0664. The Balaban J connectivity index is 1.65. The molecule has 1 fully saturated rings. The number of aliphatic hydroxyl groups excluding tert-OH is 1. The second kappa shape index (κ2) is 14.7. The Kier molecular flexibility index (Phi) is 11.2. The van der Waals surface area contributed by atoms with E-state index in [9.17, 15) is 23.1 Å². The maximum atomic E-state index is 14.0. The van der Waals surface area contributed by atoms with Crippen molar-refractivity contribution in [1.29, 1.82) is 0 Å². The normalized spacial score (nSPS) is 16.2. The molecule has 2 aromatic rings. The van der Waals surface area contributed by atoms with Gasteiger partial charge in [0.15, 0.2) is 0 Å². The van der Waals surface area contributed by atoms with E-state index in [0.717, 1.165) is 24.0 Å². The van der Waals surface area contributed by atoms with Gasteiger partial charge in [-0.15, -0.1) is 0 Å². The standard InChI is InChI=1S/C32H46N4O6S/c1-22(2)16-32(39)36(34-31(38)19-33-26-10-11-26)28(17-24-8-6-5-7-9-24)29(37)21-35(20-23(3)4)43(40,41)27-12-13-30-25(18-27)14-15-42-30/h5-9,12-13,18,22-23,26,28-29,33,37H,10-11,14-17,19-21H2,1-4H3,(H,34,38)/t28?,29-/m1/s1. The number of hydrazine groups is 1. The Morgan fingerprint density at radius 2 is 1.74 bits per heavy atom. The number of carbonyl (C=O) groups is 2. The summed E-state index contributed by atoms with van der Waals surface area (Å²) in [6.45, 7) is 8.12. The number of ether oxygens (including phenoxy) is 1. The maximum Gasteiger partial charge on any atom is 0.252 e. The fraction of sp³-hybridized carbons (Fsp3) is 0.562. The van der Waals surface area contributed by atoms with Gasteiger partial charge in [-0.2, -0.15) is 4.31 Å². The van der Waals surface area contributed by atoms with E-state index in [1.54, 1.807) is 12.1 Å². The van der Waals surface area contributed by atoms with Gasteiger partial charge in [-0.1, -0.05) is 58.0 Å². The average Bonchev–Trinajstić information content (AvgIpc) is 3.67. The van der Waals surface area contributed by atoms with Gasteiger partial charge in [0.05, 0.1) is 30.2 Å². The molecule has 0 radical (unpaired) electrons. The minimum Gasteiger partial charge on any atom is -0.493 e. The first-order chi connectivity index (χ1) is 20.4. The summed E-state index contributed by atoms with van der Waals surface area (Å²) < 4.78 is 34.8. The topological polar surface area (TPSA) is 128 Å². The molecule has 0 bridgehead atoms. The van der Waals surface area contributed by atoms with Gasteiger partial charge in [0.1, 0.15) is 5.75 Å². The highest BCUT2D eigenvalue weighted by Gasteiger charge is 2.36. The third kappa shape index (κ3) is 9.25. The third-order valence-corrected chi connectivity index (χ3v) is 9.37. The molecule has 1 saturated carbocycles. The predicted molar refractivity (Wildman–Crippen MR) is 165 cm³/mol. The lowest BCUT2D eigenvalue weighted by Crippen LogP contribution is -2.60. The van der Waals surface area contributed by atoms with Crippen LogP contribution in [-0.4, -0.2) is 79.1 Å². The summed E-state index contributed by atoms with van der Waals surface area (Å²) in [4.78, 5) is 26.7. The monoisotopic (exact) mass is 614 g/mol. The molecule has 11 heteroatoms. The first-order valence-electron chi connectivity index (χ1n) is 15.3. The second-order valence-corrected chi connectivity index (χ2v) is 14.4. The van der Waals surface area contributed by atoms with Gasteiger partial charge in [0.25, 0.3) is 5.91 Å². The number of carbonyl (C=O) groups excluding carboxylic acids is 2. The molecule has 0 aromatic heterocycles. The summed E-state index contributed by atoms with van der Waals surface area (Å²) in [6, 6.07) is 13.6. The van der Waals surface area contributed by atoms with Crippen molar-refractivity contribution in [2.75, 3.05) is 26.2 Å². The Bertz CT molecular complexity index is 1350. The number of hydrogen-bond donors (Lipinski definition) is 3. The van der Waals surface area contributed by atoms with Gasteiger partial charge in [0, 0.05) is 32.0 Å². The fourth-order valence-electron chi connectivity index (χ4n) is 5.21. The highest BCUT2D eigenvalue weighted by molar-refractivity contribution is 7.89. The van der Waals surface area contributed by atoms with Gasteiger partial charge < -0.3 is 15.2 Å². The number of aliphatic hydroxyl groups is 1. The number of fused-ring (bicyclic) bond motifs is 1. The number of rotatable bonds is 15. The number of nitrogens with zero attached hydrogens (tertiary/aromatic N) is 2. The molecule has 4 rings (SSSR count). The number of nitrogens with one attached hydrogen (secondary N) is 2. The van der Waals surface area contributed by atoms with Gasteiger partial charge in [-0.25, -0.2) is 13.4 Å². The molecule has 1 unspecified atom stereocenters. The molecule has 10 nitrogen and oxygen atoms in total. The van der Waals surface area contributed by atoms with Crippen LogP contribution < -0.4 is 15.5 Å². The van der Waals surface area contributed by atoms with E-state index in [1.165, 1.54) is 15.4 Å². The molecule has 1 aliphatic carbocycles. The van der Waals surface area contributed by atoms with E-state index in [4.69, 9.17) is 4.74 Å². The zero-order chi connectivity index (χ0) is 31.1. The van der Waals surface area contributed by atoms with Crippen molar-refractivity contribution in [1.82, 2.24) is 20.1 Å². The third-order valence-electron chi connectivity index (χ3n) is 7.55. The molecule has 0 saturated heterocycles. The molecule has 1 heterocycles. The average molecular weight is 615 g/mol. The summed E-state index contributed by atoms with van der Waals surface area (Å²) in [6.07, 6.45) is 1.71. The van der Waals surface area contributed by atoms with Crippen molar-refractivity contribution in [2.24, 2.45) is 11.8 Å². The quantitative estimate of drug-likeness (QED) is 0.263. The minimum atomic E-state index is -4.00. The summed E-state index contributed by atoms with van der Waals surface area (Å²) in [5.41, 5.74) is 4.44. The zero-order valence-corrected chi connectivity index (χ0v) is 26.5. The Labute approximate surface area is 255 Å². The van der Waals surface area contributed by atoms with Crippen LogP contribution >= 0.6 is 0 Å². The van der Waals surface area contributed by atoms with Gasteiger partial charge in [-0.3, -0.25) is 15.0 Å². The largest absolute Gasteiger partial charge is 0.493 e. The van der Waals surface area contributed by atoms with E-state index in [0.29, 0.717) is 24.8 Å². The van der Waals surface area contributed by atoms with E-state index < -0.39 is 22.2 Å². The van der Waals surface area contributed by atoms with Crippen LogP contribution in [0.5, 0.6) is 5.75 Å². The molecule has 0 spiro atoms. The molecule has 3 N–H and O–H groups in total. The first kappa shape index (κ1) is 32.9. The number of benzene rings is 2. The molecular formula is C32H46N4O6S. The smallest absolute Gasteiger partial charge is 0.252 e. The number of sulfonamides is 1. The molecular weight excluding hydrogens is 568 g/mol. The van der Waals surface area contributed by atoms with Crippen molar-refractivity contribution < 1.29 is 27.9 Å². The second-order valence-electron chi connectivity index (χ2n) is 12.5. The van der Waals surface area contributed by atoms with Crippen molar-refractivity contribution in [3.8, 4) is 5.75 Å². The van der Waals surface area contributed by atoms with Gasteiger partial charge in [0.2, 0.25) is 15.9 Å². The lowest BCUT2D eigenvalue weighted by atomic mass is 9.99. The van der Waals surface area contributed by atoms with Crippen LogP contribution in [0.15, 0.2) is 53.4 Å². The van der Waals surface area contributed by atoms with E-state index >= 15 is 0 Å². The lowest BCUT2D eigenvalue weighted by Gasteiger charge is -2.37. The summed E-state index contributed by atoms with van der Waals surface area (Å²) in [5, 5.41) is 16.2. The Morgan fingerprint density at radius 1 is 1.02 bits per heavy atom. The zero-order valence-electron chi connectivity index (χ0n) is 25.7. The van der Waals surface area contributed by atoms with Crippen LogP contribution in [0.2, 0.25) is 0 Å². The predicted octanol–water partition coefficient (Wildman–Crippen LogP) is 2.90. The molecule has 236 valence electrons. The molecule has 1 aliphatic heterocycles. The highest BCUT2D eigenvalue weighted by Crippen LogP contribution is 2.29. The minimum absolute atomic E-state index is 0.00705. The first-order valence-corrected chi connectivity index (χ1v) is 16.7. The number of amides is 2. The Morgan fingerprint density at radius 3 is 2.40 bits per heavy atom. The molecule has 43 heavy (non-hydrogen) atoms. The fourth-order valence-corrected chi connectivity index (χ4v) is 6.88. The van der Waals surface area contributed by atoms with Gasteiger partial charge >= 0.3 is 0 Å². The SMILES string of the molecule is CC(C)CC(=O)N(NC(=O)CNC1CC1)C(Cc1ccccc1)[C@H](O)CN(CC(C)C)S(=O)(=O)c1ccc2c(c1)CCO2. The van der Waals surface area contributed by atoms with Crippen molar-refractivity contribution in [3.05, 3.63) is 59.7 Å². The molecule has 2 aromatic carbocycles. The van der Waals surface area contributed by atoms with Crippen molar-refractivity contribution in [3.63, 3.8) is 0 Å². The van der Waals surface area contributed by atoms with Crippen LogP contribution in [0.3, 0.4) is 0 Å².